The van der Waals surface area contributed by atoms with E-state index < -0.39 is 0 Å². The number of hydrogen-bond donors (Lipinski definition) is 1. The maximum absolute atomic E-state index is 12.8. The molecule has 0 saturated carbocycles. The Labute approximate surface area is 130 Å². The maximum atomic E-state index is 12.8. The lowest BCUT2D eigenvalue weighted by Gasteiger charge is -2.37. The number of methoxy groups -OCH3 is 1. The molecule has 1 amide bonds. The van der Waals surface area contributed by atoms with Crippen molar-refractivity contribution in [1.29, 1.82) is 0 Å². The van der Waals surface area contributed by atoms with Crippen LogP contribution in [0.5, 0.6) is 5.75 Å². The van der Waals surface area contributed by atoms with E-state index in [1.165, 1.54) is 0 Å². The summed E-state index contributed by atoms with van der Waals surface area (Å²) in [6.07, 6.45) is 1.59. The first-order valence-corrected chi connectivity index (χ1v) is 7.51. The van der Waals surface area contributed by atoms with Crippen molar-refractivity contribution in [2.24, 2.45) is 0 Å². The topological polar surface area (TPSA) is 75.9 Å². The minimum Gasteiger partial charge on any atom is -0.495 e. The smallest absolute Gasteiger partial charge is 0.209 e. The number of piperazine rings is 1. The van der Waals surface area contributed by atoms with Crippen LogP contribution in [-0.4, -0.2) is 61.3 Å². The minimum absolute atomic E-state index is 0.0661. The number of rotatable bonds is 6. The molecule has 22 heavy (non-hydrogen) atoms. The van der Waals surface area contributed by atoms with Gasteiger partial charge in [-0.1, -0.05) is 6.92 Å². The third kappa shape index (κ3) is 3.39. The number of hydrogen-bond acceptors (Lipinski definition) is 5. The zero-order chi connectivity index (χ0) is 16.1. The number of Topliss-reactive ketones (excluding diaryl/α,β-unsaturated/α-hetero) is 1. The summed E-state index contributed by atoms with van der Waals surface area (Å²) in [5.41, 5.74) is 6.96. The van der Waals surface area contributed by atoms with Gasteiger partial charge in [0.25, 0.3) is 0 Å². The van der Waals surface area contributed by atoms with Gasteiger partial charge in [0, 0.05) is 31.7 Å². The average Bonchev–Trinajstić information content (AvgIpc) is 2.56. The fourth-order valence-corrected chi connectivity index (χ4v) is 2.84. The van der Waals surface area contributed by atoms with Crippen LogP contribution in [0, 0.1) is 0 Å². The number of amides is 1. The molecule has 1 fully saturated rings. The Morgan fingerprint density at radius 2 is 2.05 bits per heavy atom. The van der Waals surface area contributed by atoms with Crippen LogP contribution in [0.4, 0.5) is 5.69 Å². The Kier molecular flexibility index (Phi) is 5.38. The van der Waals surface area contributed by atoms with Gasteiger partial charge in [0.15, 0.2) is 5.78 Å². The van der Waals surface area contributed by atoms with Crippen molar-refractivity contribution in [2.45, 2.75) is 19.4 Å². The average molecular weight is 305 g/mol. The van der Waals surface area contributed by atoms with E-state index in [1.54, 1.807) is 30.2 Å². The Bertz CT molecular complexity index is 539. The number of ether oxygens (including phenoxy) is 1. The van der Waals surface area contributed by atoms with Gasteiger partial charge < -0.3 is 15.4 Å². The number of nitrogens with zero attached hydrogens (tertiary/aromatic N) is 2. The van der Waals surface area contributed by atoms with Crippen molar-refractivity contribution in [3.63, 3.8) is 0 Å². The molecule has 1 heterocycles. The van der Waals surface area contributed by atoms with Gasteiger partial charge in [-0.05, 0) is 24.6 Å². The predicted octanol–water partition coefficient (Wildman–Crippen LogP) is 1.01. The molecule has 0 bridgehead atoms. The lowest BCUT2D eigenvalue weighted by atomic mass is 9.99. The Morgan fingerprint density at radius 1 is 1.36 bits per heavy atom. The highest BCUT2D eigenvalue weighted by molar-refractivity contribution is 6.01. The second-order valence-electron chi connectivity index (χ2n) is 5.42. The number of ketones is 1. The number of carbonyl (C=O) groups excluding carboxylic acids is 2. The zero-order valence-electron chi connectivity index (χ0n) is 13.1. The first-order valence-electron chi connectivity index (χ1n) is 7.51. The fourth-order valence-electron chi connectivity index (χ4n) is 2.84. The molecule has 6 nitrogen and oxygen atoms in total. The standard InChI is InChI=1S/C16H23N3O3/c1-3-14(19-8-6-18(11-20)7-9-19)16(21)12-4-5-15(22-2)13(17)10-12/h4-5,10-11,14H,3,6-9,17H2,1-2H3. The van der Waals surface area contributed by atoms with E-state index in [0.29, 0.717) is 43.2 Å². The molecule has 2 rings (SSSR count). The summed E-state index contributed by atoms with van der Waals surface area (Å²) in [6, 6.07) is 4.97. The van der Waals surface area contributed by atoms with Crippen LogP contribution in [-0.2, 0) is 4.79 Å². The van der Waals surface area contributed by atoms with Gasteiger partial charge in [-0.2, -0.15) is 0 Å². The number of carbonyl (C=O) groups is 2. The van der Waals surface area contributed by atoms with Gasteiger partial charge in [0.1, 0.15) is 5.75 Å². The first-order chi connectivity index (χ1) is 10.6. The first kappa shape index (κ1) is 16.3. The molecule has 0 radical (unpaired) electrons. The Morgan fingerprint density at radius 3 is 2.55 bits per heavy atom. The molecular weight excluding hydrogens is 282 g/mol. The molecule has 120 valence electrons. The molecule has 1 atom stereocenters. The summed E-state index contributed by atoms with van der Waals surface area (Å²) < 4.78 is 5.12. The molecule has 1 aliphatic heterocycles. The van der Waals surface area contributed by atoms with Crippen LogP contribution in [0.15, 0.2) is 18.2 Å². The minimum atomic E-state index is -0.179. The predicted molar refractivity (Wildman–Crippen MR) is 85.0 cm³/mol. The summed E-state index contributed by atoms with van der Waals surface area (Å²) in [4.78, 5) is 27.4. The quantitative estimate of drug-likeness (QED) is 0.482. The molecule has 1 saturated heterocycles. The van der Waals surface area contributed by atoms with Crippen molar-refractivity contribution >= 4 is 17.9 Å². The summed E-state index contributed by atoms with van der Waals surface area (Å²) in [6.45, 7) is 4.76. The molecular formula is C16H23N3O3. The van der Waals surface area contributed by atoms with Crippen molar-refractivity contribution in [3.05, 3.63) is 23.8 Å². The Hall–Kier alpha value is -2.08. The molecule has 1 unspecified atom stereocenters. The zero-order valence-corrected chi connectivity index (χ0v) is 13.1. The normalized spacial score (nSPS) is 17.1. The van der Waals surface area contributed by atoms with Crippen molar-refractivity contribution in [2.75, 3.05) is 39.0 Å². The maximum Gasteiger partial charge on any atom is 0.209 e. The number of nitrogens with two attached hydrogens (primary N) is 1. The van der Waals surface area contributed by atoms with Crippen LogP contribution in [0.3, 0.4) is 0 Å². The molecule has 1 aromatic carbocycles. The van der Waals surface area contributed by atoms with Crippen LogP contribution >= 0.6 is 0 Å². The van der Waals surface area contributed by atoms with Crippen molar-refractivity contribution in [3.8, 4) is 5.75 Å². The lowest BCUT2D eigenvalue weighted by molar-refractivity contribution is -0.119. The van der Waals surface area contributed by atoms with Crippen LogP contribution in [0.1, 0.15) is 23.7 Å². The number of nitrogen functional groups attached to an aromatic ring is 1. The van der Waals surface area contributed by atoms with Crippen LogP contribution in [0.25, 0.3) is 0 Å². The lowest BCUT2D eigenvalue weighted by Crippen LogP contribution is -2.52. The van der Waals surface area contributed by atoms with Gasteiger partial charge in [-0.3, -0.25) is 14.5 Å². The summed E-state index contributed by atoms with van der Waals surface area (Å²) in [7, 11) is 1.55. The fraction of sp³-hybridized carbons (Fsp3) is 0.500. The number of anilines is 1. The van der Waals surface area contributed by atoms with E-state index in [-0.39, 0.29) is 11.8 Å². The highest BCUT2D eigenvalue weighted by Crippen LogP contribution is 2.24. The van der Waals surface area contributed by atoms with Gasteiger partial charge in [0.05, 0.1) is 18.8 Å². The highest BCUT2D eigenvalue weighted by atomic mass is 16.5. The molecule has 0 aromatic heterocycles. The second-order valence-corrected chi connectivity index (χ2v) is 5.42. The van der Waals surface area contributed by atoms with Gasteiger partial charge in [0.2, 0.25) is 6.41 Å². The molecule has 6 heteroatoms. The van der Waals surface area contributed by atoms with E-state index in [9.17, 15) is 9.59 Å². The molecule has 2 N–H and O–H groups in total. The monoisotopic (exact) mass is 305 g/mol. The number of benzene rings is 1. The third-order valence-corrected chi connectivity index (χ3v) is 4.14. The second kappa shape index (κ2) is 7.26. The Balaban J connectivity index is 2.12. The van der Waals surface area contributed by atoms with E-state index in [0.717, 1.165) is 12.8 Å². The third-order valence-electron chi connectivity index (χ3n) is 4.14. The molecule has 1 aliphatic rings. The van der Waals surface area contributed by atoms with E-state index >= 15 is 0 Å². The molecule has 0 spiro atoms. The summed E-state index contributed by atoms with van der Waals surface area (Å²) in [5, 5.41) is 0. The van der Waals surface area contributed by atoms with Gasteiger partial charge in [-0.15, -0.1) is 0 Å². The summed E-state index contributed by atoms with van der Waals surface area (Å²) >= 11 is 0. The molecule has 0 aliphatic carbocycles. The van der Waals surface area contributed by atoms with Crippen molar-refractivity contribution < 1.29 is 14.3 Å². The van der Waals surface area contributed by atoms with Gasteiger partial charge >= 0.3 is 0 Å². The van der Waals surface area contributed by atoms with E-state index in [1.807, 2.05) is 6.92 Å². The summed E-state index contributed by atoms with van der Waals surface area (Å²) in [5.74, 6) is 0.639. The van der Waals surface area contributed by atoms with Gasteiger partial charge in [-0.25, -0.2) is 0 Å². The largest absolute Gasteiger partial charge is 0.495 e. The van der Waals surface area contributed by atoms with Crippen molar-refractivity contribution in [1.82, 2.24) is 9.80 Å². The van der Waals surface area contributed by atoms with E-state index in [2.05, 4.69) is 4.90 Å². The highest BCUT2D eigenvalue weighted by Gasteiger charge is 2.28. The van der Waals surface area contributed by atoms with E-state index in [4.69, 9.17) is 10.5 Å². The molecule has 1 aromatic rings. The van der Waals surface area contributed by atoms with Crippen LogP contribution in [0.2, 0.25) is 0 Å². The SMILES string of the molecule is CCC(C(=O)c1ccc(OC)c(N)c1)N1CCN(C=O)CC1. The van der Waals surface area contributed by atoms with Crippen LogP contribution < -0.4 is 10.5 Å².